The van der Waals surface area contributed by atoms with Gasteiger partial charge in [-0.25, -0.2) is 4.79 Å². The number of hydrogen-bond donors (Lipinski definition) is 1. The zero-order valence-electron chi connectivity index (χ0n) is 9.24. The topological polar surface area (TPSA) is 55.0 Å². The zero-order valence-corrected chi connectivity index (χ0v) is 9.99. The van der Waals surface area contributed by atoms with Crippen LogP contribution >= 0.6 is 11.6 Å². The van der Waals surface area contributed by atoms with Crippen molar-refractivity contribution in [3.8, 4) is 11.3 Å². The summed E-state index contributed by atoms with van der Waals surface area (Å²) in [6.45, 7) is 2.09. The monoisotopic (exact) mass is 250 g/mol. The standard InChI is InChI=1S/C12H11ClN2O2/c1-2-17-12(16)11-7-10(14-15-11)8-4-3-5-9(13)6-8/h3-7H,2H2,1H3,(H,14,15). The average Bonchev–Trinajstić information content (AvgIpc) is 2.78. The minimum atomic E-state index is -0.409. The zero-order chi connectivity index (χ0) is 12.3. The molecule has 2 aromatic rings. The second-order valence-corrected chi connectivity index (χ2v) is 3.83. The maximum Gasteiger partial charge on any atom is 0.356 e. The van der Waals surface area contributed by atoms with Crippen molar-refractivity contribution in [2.75, 3.05) is 6.61 Å². The minimum Gasteiger partial charge on any atom is -0.461 e. The quantitative estimate of drug-likeness (QED) is 0.852. The molecule has 0 aliphatic heterocycles. The van der Waals surface area contributed by atoms with E-state index in [4.69, 9.17) is 16.3 Å². The Balaban J connectivity index is 2.27. The van der Waals surface area contributed by atoms with Gasteiger partial charge < -0.3 is 4.74 Å². The largest absolute Gasteiger partial charge is 0.461 e. The number of halogens is 1. The minimum absolute atomic E-state index is 0.335. The first-order chi connectivity index (χ1) is 8.20. The molecule has 0 radical (unpaired) electrons. The number of nitrogens with one attached hydrogen (secondary N) is 1. The number of aromatic amines is 1. The van der Waals surface area contributed by atoms with Crippen molar-refractivity contribution in [2.24, 2.45) is 0 Å². The first-order valence-corrected chi connectivity index (χ1v) is 5.57. The van der Waals surface area contributed by atoms with E-state index < -0.39 is 5.97 Å². The number of carbonyl (C=O) groups is 1. The summed E-state index contributed by atoms with van der Waals surface area (Å²) in [5, 5.41) is 7.32. The van der Waals surface area contributed by atoms with Gasteiger partial charge in [0.05, 0.1) is 12.3 Å². The van der Waals surface area contributed by atoms with Gasteiger partial charge in [0, 0.05) is 10.6 Å². The Labute approximate surface area is 104 Å². The van der Waals surface area contributed by atoms with Gasteiger partial charge in [0.2, 0.25) is 0 Å². The molecule has 0 spiro atoms. The van der Waals surface area contributed by atoms with E-state index in [0.717, 1.165) is 5.56 Å². The Morgan fingerprint density at radius 3 is 3.00 bits per heavy atom. The maximum atomic E-state index is 11.4. The van der Waals surface area contributed by atoms with Crippen LogP contribution in [0, 0.1) is 0 Å². The fourth-order valence-corrected chi connectivity index (χ4v) is 1.62. The Hall–Kier alpha value is -1.81. The summed E-state index contributed by atoms with van der Waals surface area (Å²) >= 11 is 5.88. The van der Waals surface area contributed by atoms with Crippen molar-refractivity contribution >= 4 is 17.6 Å². The Morgan fingerprint density at radius 1 is 1.47 bits per heavy atom. The molecule has 0 fully saturated rings. The fraction of sp³-hybridized carbons (Fsp3) is 0.167. The van der Waals surface area contributed by atoms with E-state index in [9.17, 15) is 4.79 Å². The normalized spacial score (nSPS) is 10.2. The summed E-state index contributed by atoms with van der Waals surface area (Å²) in [7, 11) is 0. The van der Waals surface area contributed by atoms with Crippen LogP contribution in [0.2, 0.25) is 5.02 Å². The average molecular weight is 251 g/mol. The number of benzene rings is 1. The summed E-state index contributed by atoms with van der Waals surface area (Å²) in [5.74, 6) is -0.409. The molecule has 1 heterocycles. The molecule has 17 heavy (non-hydrogen) atoms. The van der Waals surface area contributed by atoms with Crippen LogP contribution in [0.25, 0.3) is 11.3 Å². The van der Waals surface area contributed by atoms with Crippen LogP contribution < -0.4 is 0 Å². The number of rotatable bonds is 3. The Bertz CT molecular complexity index is 537. The molecule has 1 aromatic heterocycles. The Kier molecular flexibility index (Phi) is 3.44. The number of ether oxygens (including phenoxy) is 1. The third-order valence-electron chi connectivity index (χ3n) is 2.19. The van der Waals surface area contributed by atoms with E-state index in [1.165, 1.54) is 0 Å². The van der Waals surface area contributed by atoms with Crippen molar-refractivity contribution in [3.63, 3.8) is 0 Å². The smallest absolute Gasteiger partial charge is 0.356 e. The summed E-state index contributed by atoms with van der Waals surface area (Å²) < 4.78 is 4.86. The van der Waals surface area contributed by atoms with Gasteiger partial charge in [0.1, 0.15) is 5.69 Å². The van der Waals surface area contributed by atoms with E-state index in [1.54, 1.807) is 25.1 Å². The Morgan fingerprint density at radius 2 is 2.29 bits per heavy atom. The molecule has 0 bridgehead atoms. The lowest BCUT2D eigenvalue weighted by Crippen LogP contribution is -2.04. The third-order valence-corrected chi connectivity index (χ3v) is 2.43. The van der Waals surface area contributed by atoms with Gasteiger partial charge >= 0.3 is 5.97 Å². The maximum absolute atomic E-state index is 11.4. The molecule has 0 aliphatic rings. The van der Waals surface area contributed by atoms with Crippen molar-refractivity contribution < 1.29 is 9.53 Å². The lowest BCUT2D eigenvalue weighted by Gasteiger charge is -1.96. The number of H-pyrrole nitrogens is 1. The van der Waals surface area contributed by atoms with Crippen LogP contribution in [0.3, 0.4) is 0 Å². The van der Waals surface area contributed by atoms with Crippen LogP contribution in [-0.2, 0) is 4.74 Å². The first-order valence-electron chi connectivity index (χ1n) is 5.19. The highest BCUT2D eigenvalue weighted by Gasteiger charge is 2.11. The molecular formula is C12H11ClN2O2. The lowest BCUT2D eigenvalue weighted by atomic mass is 10.1. The molecular weight excluding hydrogens is 240 g/mol. The van der Waals surface area contributed by atoms with E-state index in [2.05, 4.69) is 10.2 Å². The molecule has 5 heteroatoms. The predicted molar refractivity (Wildman–Crippen MR) is 65.0 cm³/mol. The van der Waals surface area contributed by atoms with Crippen LogP contribution in [0.4, 0.5) is 0 Å². The molecule has 1 aromatic carbocycles. The number of esters is 1. The first kappa shape index (κ1) is 11.7. The second kappa shape index (κ2) is 5.01. The SMILES string of the molecule is CCOC(=O)c1cc(-c2cccc(Cl)c2)n[nH]1. The number of nitrogens with zero attached hydrogens (tertiary/aromatic N) is 1. The number of hydrogen-bond acceptors (Lipinski definition) is 3. The van der Waals surface area contributed by atoms with Gasteiger partial charge in [-0.1, -0.05) is 23.7 Å². The van der Waals surface area contributed by atoms with Crippen molar-refractivity contribution in [1.29, 1.82) is 0 Å². The third kappa shape index (κ3) is 2.65. The number of carbonyl (C=O) groups excluding carboxylic acids is 1. The van der Waals surface area contributed by atoms with E-state index in [1.807, 2.05) is 12.1 Å². The van der Waals surface area contributed by atoms with Crippen LogP contribution in [0.5, 0.6) is 0 Å². The van der Waals surface area contributed by atoms with Gasteiger partial charge in [-0.3, -0.25) is 5.10 Å². The molecule has 4 nitrogen and oxygen atoms in total. The molecule has 0 saturated carbocycles. The highest BCUT2D eigenvalue weighted by molar-refractivity contribution is 6.30. The summed E-state index contributed by atoms with van der Waals surface area (Å²) in [6.07, 6.45) is 0. The molecule has 0 unspecified atom stereocenters. The highest BCUT2D eigenvalue weighted by Crippen LogP contribution is 2.21. The lowest BCUT2D eigenvalue weighted by molar-refractivity contribution is 0.0519. The summed E-state index contributed by atoms with van der Waals surface area (Å²) in [5.41, 5.74) is 1.85. The molecule has 0 amide bonds. The van der Waals surface area contributed by atoms with Crippen molar-refractivity contribution in [2.45, 2.75) is 6.92 Å². The van der Waals surface area contributed by atoms with Gasteiger partial charge in [-0.05, 0) is 25.1 Å². The molecule has 0 atom stereocenters. The van der Waals surface area contributed by atoms with Gasteiger partial charge in [0.15, 0.2) is 0 Å². The van der Waals surface area contributed by atoms with Crippen LogP contribution in [0.15, 0.2) is 30.3 Å². The van der Waals surface area contributed by atoms with Gasteiger partial charge in [-0.2, -0.15) is 5.10 Å². The van der Waals surface area contributed by atoms with E-state index >= 15 is 0 Å². The van der Waals surface area contributed by atoms with Crippen molar-refractivity contribution in [3.05, 3.63) is 41.0 Å². The number of aromatic nitrogens is 2. The molecule has 88 valence electrons. The molecule has 0 aliphatic carbocycles. The van der Waals surface area contributed by atoms with Gasteiger partial charge in [0.25, 0.3) is 0 Å². The second-order valence-electron chi connectivity index (χ2n) is 3.40. The molecule has 1 N–H and O–H groups in total. The fourth-order valence-electron chi connectivity index (χ4n) is 1.43. The summed E-state index contributed by atoms with van der Waals surface area (Å²) in [6, 6.07) is 8.91. The van der Waals surface area contributed by atoms with Gasteiger partial charge in [-0.15, -0.1) is 0 Å². The van der Waals surface area contributed by atoms with Crippen LogP contribution in [-0.4, -0.2) is 22.8 Å². The predicted octanol–water partition coefficient (Wildman–Crippen LogP) is 2.91. The molecule has 2 rings (SSSR count). The highest BCUT2D eigenvalue weighted by atomic mass is 35.5. The van der Waals surface area contributed by atoms with Crippen molar-refractivity contribution in [1.82, 2.24) is 10.2 Å². The molecule has 0 saturated heterocycles. The van der Waals surface area contributed by atoms with Crippen LogP contribution in [0.1, 0.15) is 17.4 Å². The van der Waals surface area contributed by atoms with E-state index in [0.29, 0.717) is 23.0 Å². The van der Waals surface area contributed by atoms with E-state index in [-0.39, 0.29) is 0 Å². The summed E-state index contributed by atoms with van der Waals surface area (Å²) in [4.78, 5) is 11.4.